The van der Waals surface area contributed by atoms with E-state index in [1.807, 2.05) is 20.2 Å². The van der Waals surface area contributed by atoms with E-state index in [4.69, 9.17) is 21.1 Å². The van der Waals surface area contributed by atoms with Gasteiger partial charge in [0, 0.05) is 24.6 Å². The van der Waals surface area contributed by atoms with Gasteiger partial charge >= 0.3 is 12.3 Å². The van der Waals surface area contributed by atoms with Crippen LogP contribution in [0, 0.1) is 0 Å². The van der Waals surface area contributed by atoms with Gasteiger partial charge in [0.1, 0.15) is 29.0 Å². The molecule has 1 fully saturated rings. The van der Waals surface area contributed by atoms with Gasteiger partial charge in [0.05, 0.1) is 38.1 Å². The number of halogens is 4. The normalized spacial score (nSPS) is 22.7. The number of carbonyl (C=O) groups excluding carboxylic acids is 2. The largest absolute Gasteiger partial charge is 0.573 e. The molecule has 1 saturated heterocycles. The Morgan fingerprint density at radius 2 is 1.76 bits per heavy atom. The lowest BCUT2D eigenvalue weighted by molar-refractivity contribution is -0.953. The molecule has 0 aliphatic carbocycles. The number of likely N-dealkylation sites (tertiary alicyclic amines) is 1. The molecular weight excluding hydrogens is 753 g/mol. The highest BCUT2D eigenvalue weighted by Crippen LogP contribution is 2.58. The van der Waals surface area contributed by atoms with Crippen LogP contribution in [0.5, 0.6) is 17.2 Å². The molecule has 12 nitrogen and oxygen atoms in total. The van der Waals surface area contributed by atoms with Gasteiger partial charge in [-0.05, 0) is 87.9 Å². The van der Waals surface area contributed by atoms with Crippen molar-refractivity contribution in [1.29, 1.82) is 0 Å². The van der Waals surface area contributed by atoms with Crippen LogP contribution in [0.1, 0.15) is 42.4 Å². The van der Waals surface area contributed by atoms with Crippen molar-refractivity contribution < 1.29 is 55.0 Å². The number of carbonyl (C=O) groups is 2. The smallest absolute Gasteiger partial charge is 0.497 e. The van der Waals surface area contributed by atoms with Gasteiger partial charge in [-0.15, -0.1) is 13.2 Å². The van der Waals surface area contributed by atoms with Gasteiger partial charge in [0.25, 0.3) is 15.9 Å². The maximum atomic E-state index is 15.8. The summed E-state index contributed by atoms with van der Waals surface area (Å²) in [7, 11) is 4.28. The second kappa shape index (κ2) is 15.6. The van der Waals surface area contributed by atoms with Crippen molar-refractivity contribution >= 4 is 39.1 Å². The van der Waals surface area contributed by atoms with Gasteiger partial charge in [0.2, 0.25) is 5.54 Å². The van der Waals surface area contributed by atoms with Crippen molar-refractivity contribution in [3.05, 3.63) is 76.3 Å². The fraction of sp³-hybridized carbons (Fsp3) is 0.459. The number of aliphatic hydroxyl groups is 1. The number of alkyl halides is 3. The Bertz CT molecular complexity index is 2020. The van der Waals surface area contributed by atoms with Crippen molar-refractivity contribution in [2.75, 3.05) is 59.8 Å². The zero-order valence-corrected chi connectivity index (χ0v) is 32.4. The summed E-state index contributed by atoms with van der Waals surface area (Å²) in [6.07, 6.45) is -3.31. The first kappa shape index (κ1) is 41.1. The molecule has 0 aromatic heterocycles. The van der Waals surface area contributed by atoms with Crippen molar-refractivity contribution in [3.8, 4) is 17.2 Å². The van der Waals surface area contributed by atoms with Crippen LogP contribution < -0.4 is 23.8 Å². The summed E-state index contributed by atoms with van der Waals surface area (Å²) >= 11 is 6.62. The zero-order valence-electron chi connectivity index (χ0n) is 30.9. The molecule has 3 aromatic carbocycles. The fourth-order valence-electron chi connectivity index (χ4n) is 7.91. The van der Waals surface area contributed by atoms with E-state index in [2.05, 4.69) is 15.0 Å². The van der Waals surface area contributed by atoms with Crippen LogP contribution in [0.15, 0.2) is 59.5 Å². The maximum absolute atomic E-state index is 15.8. The minimum Gasteiger partial charge on any atom is -0.497 e. The third-order valence-corrected chi connectivity index (χ3v) is 12.2. The van der Waals surface area contributed by atoms with Crippen LogP contribution in [-0.2, 0) is 31.6 Å². The summed E-state index contributed by atoms with van der Waals surface area (Å²) in [6.45, 7) is 0.697. The number of aryl methyl sites for hydroxylation is 1. The number of hydrogen-bond donors (Lipinski definition) is 2. The summed E-state index contributed by atoms with van der Waals surface area (Å²) in [6, 6.07) is 10.9. The average Bonchev–Trinajstić information content (AvgIpc) is 3.56. The van der Waals surface area contributed by atoms with Gasteiger partial charge in [-0.3, -0.25) is 14.1 Å². The Morgan fingerprint density at radius 1 is 1.04 bits per heavy atom. The van der Waals surface area contributed by atoms with E-state index in [-0.39, 0.29) is 46.3 Å². The zero-order chi connectivity index (χ0) is 39.8. The molecule has 2 aliphatic rings. The molecule has 2 unspecified atom stereocenters. The number of hydrogen-bond acceptors (Lipinski definition) is 9. The molecule has 3 aromatic rings. The number of amides is 2. The molecule has 0 bridgehead atoms. The number of anilines is 1. The van der Waals surface area contributed by atoms with E-state index in [9.17, 15) is 31.5 Å². The summed E-state index contributed by atoms with van der Waals surface area (Å²) in [5.74, 6) is -2.74. The number of nitrogens with one attached hydrogen (secondary N) is 1. The van der Waals surface area contributed by atoms with Gasteiger partial charge in [-0.1, -0.05) is 24.1 Å². The molecule has 5 rings (SSSR count). The maximum Gasteiger partial charge on any atom is 0.573 e. The summed E-state index contributed by atoms with van der Waals surface area (Å²) in [4.78, 5) is 30.6. The number of benzene rings is 3. The summed E-state index contributed by atoms with van der Waals surface area (Å²) < 4.78 is 85.9. The van der Waals surface area contributed by atoms with Crippen LogP contribution in [0.25, 0.3) is 0 Å². The first-order valence-corrected chi connectivity index (χ1v) is 19.1. The van der Waals surface area contributed by atoms with Gasteiger partial charge in [-0.25, -0.2) is 8.42 Å². The van der Waals surface area contributed by atoms with Crippen molar-refractivity contribution in [3.63, 3.8) is 0 Å². The molecule has 0 spiro atoms. The molecule has 2 amide bonds. The number of unbranched alkanes of at least 4 members (excludes halogenated alkanes) is 2. The highest BCUT2D eigenvalue weighted by atomic mass is 35.5. The monoisotopic (exact) mass is 797 g/mol. The van der Waals surface area contributed by atoms with E-state index in [0.717, 1.165) is 49.6 Å². The highest BCUT2D eigenvalue weighted by molar-refractivity contribution is 7.93. The molecule has 2 heterocycles. The van der Waals surface area contributed by atoms with Crippen LogP contribution >= 0.6 is 11.6 Å². The number of quaternary nitrogens is 1. The van der Waals surface area contributed by atoms with Crippen molar-refractivity contribution in [2.24, 2.45) is 0 Å². The number of aliphatic hydroxyl groups excluding tert-OH is 1. The first-order valence-electron chi connectivity index (χ1n) is 17.3. The summed E-state index contributed by atoms with van der Waals surface area (Å²) in [5, 5.41) is 14.0. The third-order valence-electron chi connectivity index (χ3n) is 10.3. The van der Waals surface area contributed by atoms with Gasteiger partial charge in [-0.2, -0.15) is 4.31 Å². The minimum atomic E-state index is -5.31. The Hall–Kier alpha value is -4.09. The predicted molar refractivity (Wildman–Crippen MR) is 195 cm³/mol. The SMILES string of the molecule is CNC(=O)[C@@H]1C[C@@H](O)C[N+]1(C)C1(c2cc(CCCCCN(C)C)ccc2OC)C(=O)N(S(=O)(=O)c2ccc(OC)cc2OC(F)(F)F)c2ccc(Cl)cc21. The molecule has 17 heteroatoms. The van der Waals surface area contributed by atoms with E-state index in [1.54, 1.807) is 19.2 Å². The number of rotatable bonds is 14. The topological polar surface area (TPSA) is 135 Å². The van der Waals surface area contributed by atoms with E-state index >= 15 is 4.79 Å². The molecule has 0 radical (unpaired) electrons. The Labute approximate surface area is 318 Å². The Balaban J connectivity index is 1.83. The Kier molecular flexibility index (Phi) is 11.8. The number of likely N-dealkylation sites (N-methyl/N-ethyl adjacent to an activating group) is 2. The van der Waals surface area contributed by atoms with E-state index in [0.29, 0.717) is 10.7 Å². The van der Waals surface area contributed by atoms with Gasteiger partial charge < -0.3 is 29.5 Å². The quantitative estimate of drug-likeness (QED) is 0.174. The lowest BCUT2D eigenvalue weighted by atomic mass is 9.78. The Morgan fingerprint density at radius 3 is 2.39 bits per heavy atom. The van der Waals surface area contributed by atoms with Crippen molar-refractivity contribution in [1.82, 2.24) is 10.2 Å². The molecule has 294 valence electrons. The molecule has 4 atom stereocenters. The molecular formula is C37H45ClF3N4O8S+. The van der Waals surface area contributed by atoms with Crippen LogP contribution in [0.2, 0.25) is 5.02 Å². The van der Waals surface area contributed by atoms with E-state index in [1.165, 1.54) is 39.5 Å². The molecule has 54 heavy (non-hydrogen) atoms. The first-order chi connectivity index (χ1) is 25.3. The number of ether oxygens (including phenoxy) is 3. The average molecular weight is 798 g/mol. The lowest BCUT2D eigenvalue weighted by Crippen LogP contribution is -2.69. The lowest BCUT2D eigenvalue weighted by Gasteiger charge is -2.48. The van der Waals surface area contributed by atoms with Crippen LogP contribution in [-0.4, -0.2) is 109 Å². The number of sulfonamides is 1. The van der Waals surface area contributed by atoms with Crippen LogP contribution in [0.3, 0.4) is 0 Å². The molecule has 0 saturated carbocycles. The van der Waals surface area contributed by atoms with Crippen LogP contribution in [0.4, 0.5) is 18.9 Å². The second-order valence-corrected chi connectivity index (χ2v) is 16.1. The number of methoxy groups -OCH3 is 2. The third kappa shape index (κ3) is 7.33. The number of nitrogens with zero attached hydrogens (tertiary/aromatic N) is 3. The minimum absolute atomic E-state index is 0.0438. The molecule has 2 aliphatic heterocycles. The summed E-state index contributed by atoms with van der Waals surface area (Å²) in [5.41, 5.74) is -1.36. The second-order valence-electron chi connectivity index (χ2n) is 13.9. The molecule has 2 N–H and O–H groups in total. The number of fused-ring (bicyclic) bond motifs is 1. The van der Waals surface area contributed by atoms with Crippen molar-refractivity contribution in [2.45, 2.75) is 61.0 Å². The standard InChI is InChI=1S/C37H44ClF3N4O8S/c1-42-34(47)30-20-25(46)22-45(30,4)36(28-18-23(11-15-31(28)52-6)10-8-7-9-17-43(2)3)27-19-24(38)12-14-29(27)44(35(36)48)54(49,50)33-16-13-26(51-5)21-32(33)53-37(39,40)41/h11-16,18-19,21,25,30,46H,7-10,17,20,22H2,1-6H3/p+1/t25-,30+,36?,45?/m1/s1. The van der Waals surface area contributed by atoms with E-state index < -0.39 is 61.0 Å². The highest BCUT2D eigenvalue weighted by Gasteiger charge is 2.72. The fourth-order valence-corrected chi connectivity index (χ4v) is 9.64. The van der Waals surface area contributed by atoms with Gasteiger partial charge in [0.15, 0.2) is 11.8 Å². The predicted octanol–water partition coefficient (Wildman–Crippen LogP) is 4.84.